The Balaban J connectivity index is 1.63. The number of carbonyl (C=O) groups is 2. The van der Waals surface area contributed by atoms with Gasteiger partial charge in [0, 0.05) is 17.2 Å². The van der Waals surface area contributed by atoms with E-state index in [1.54, 1.807) is 31.5 Å². The van der Waals surface area contributed by atoms with Crippen LogP contribution in [0.5, 0.6) is 5.75 Å². The number of carbonyl (C=O) groups excluding carboxylic acids is 2. The van der Waals surface area contributed by atoms with Crippen molar-refractivity contribution in [2.45, 2.75) is 30.6 Å². The molecule has 2 aliphatic rings. The van der Waals surface area contributed by atoms with Gasteiger partial charge in [-0.2, -0.15) is 10.2 Å². The van der Waals surface area contributed by atoms with Crippen molar-refractivity contribution in [2.75, 3.05) is 19.0 Å². The molecule has 30 heavy (non-hydrogen) atoms. The Labute approximate surface area is 175 Å². The number of aromatic nitrogens is 4. The Morgan fingerprint density at radius 3 is 2.80 bits per heavy atom. The van der Waals surface area contributed by atoms with Crippen molar-refractivity contribution >= 4 is 23.5 Å². The Bertz CT molecular complexity index is 1120. The molecule has 0 atom stereocenters. The first kappa shape index (κ1) is 18.9. The molecule has 0 radical (unpaired) electrons. The lowest BCUT2D eigenvalue weighted by Crippen LogP contribution is -2.17. The largest absolute Gasteiger partial charge is 0.489 e. The fourth-order valence-corrected chi connectivity index (χ4v) is 4.40. The molecular weight excluding hydrogens is 408 g/mol. The first-order valence-electron chi connectivity index (χ1n) is 9.69. The fourth-order valence-electron chi connectivity index (χ4n) is 3.42. The van der Waals surface area contributed by atoms with Gasteiger partial charge < -0.3 is 14.0 Å². The average Bonchev–Trinajstić information content (AvgIpc) is 3.28. The third-order valence-electron chi connectivity index (χ3n) is 4.91. The van der Waals surface area contributed by atoms with Crippen LogP contribution < -0.4 is 4.74 Å². The summed E-state index contributed by atoms with van der Waals surface area (Å²) in [6.45, 7) is 2.40. The number of benzene rings is 1. The van der Waals surface area contributed by atoms with E-state index in [9.17, 15) is 9.59 Å². The summed E-state index contributed by atoms with van der Waals surface area (Å²) >= 11 is 1.52. The Kier molecular flexibility index (Phi) is 4.78. The van der Waals surface area contributed by atoms with Crippen LogP contribution in [0.2, 0.25) is 0 Å². The van der Waals surface area contributed by atoms with E-state index < -0.39 is 5.97 Å². The Morgan fingerprint density at radius 1 is 1.27 bits per heavy atom. The molecule has 0 bridgehead atoms. The summed E-state index contributed by atoms with van der Waals surface area (Å²) in [6.07, 6.45) is 4.95. The minimum Gasteiger partial charge on any atom is -0.489 e. The zero-order valence-corrected chi connectivity index (χ0v) is 17.0. The van der Waals surface area contributed by atoms with Gasteiger partial charge in [-0.25, -0.2) is 4.79 Å². The van der Waals surface area contributed by atoms with Gasteiger partial charge >= 0.3 is 5.97 Å². The van der Waals surface area contributed by atoms with Crippen LogP contribution in [-0.4, -0.2) is 50.9 Å². The molecule has 1 saturated carbocycles. The lowest BCUT2D eigenvalue weighted by Gasteiger charge is -2.21. The number of hydrogen-bond donors (Lipinski definition) is 0. The molecule has 1 aliphatic heterocycles. The molecule has 9 nitrogen and oxygen atoms in total. The van der Waals surface area contributed by atoms with E-state index in [1.165, 1.54) is 16.6 Å². The maximum atomic E-state index is 13.6. The molecule has 0 N–H and O–H groups in total. The first-order valence-corrected chi connectivity index (χ1v) is 10.7. The maximum absolute atomic E-state index is 13.6. The molecule has 1 fully saturated rings. The minimum atomic E-state index is -0.661. The summed E-state index contributed by atoms with van der Waals surface area (Å²) in [5.41, 5.74) is 1.20. The van der Waals surface area contributed by atoms with Crippen LogP contribution in [0.15, 0.2) is 33.9 Å². The van der Waals surface area contributed by atoms with E-state index in [4.69, 9.17) is 14.0 Å². The number of esters is 1. The highest BCUT2D eigenvalue weighted by Crippen LogP contribution is 2.45. The standard InChI is InChI=1S/C20H18N4O5S/c1-2-27-20(26)15-14(17(29-23-15)11-3-4-11)16(25)12-5-6-13(24-21-7-8-22-24)18-19(12)30-10-9-28-18/h5-8,11H,2-4,9-10H2,1H3. The number of thioether (sulfide) groups is 1. The second-order valence-electron chi connectivity index (χ2n) is 6.90. The summed E-state index contributed by atoms with van der Waals surface area (Å²) in [5.74, 6) is 0.827. The van der Waals surface area contributed by atoms with Crippen molar-refractivity contribution in [3.8, 4) is 11.4 Å². The van der Waals surface area contributed by atoms with Crippen molar-refractivity contribution in [1.29, 1.82) is 0 Å². The monoisotopic (exact) mass is 426 g/mol. The zero-order chi connectivity index (χ0) is 20.7. The molecule has 0 saturated heterocycles. The third kappa shape index (κ3) is 3.17. The van der Waals surface area contributed by atoms with E-state index in [1.807, 2.05) is 0 Å². The molecule has 154 valence electrons. The average molecular weight is 426 g/mol. The van der Waals surface area contributed by atoms with Crippen molar-refractivity contribution < 1.29 is 23.6 Å². The van der Waals surface area contributed by atoms with Crippen molar-refractivity contribution in [3.63, 3.8) is 0 Å². The van der Waals surface area contributed by atoms with Crippen LogP contribution in [0.4, 0.5) is 0 Å². The van der Waals surface area contributed by atoms with Gasteiger partial charge in [-0.05, 0) is 31.9 Å². The van der Waals surface area contributed by atoms with Crippen LogP contribution in [0, 0.1) is 0 Å². The molecule has 1 aromatic carbocycles. The number of fused-ring (bicyclic) bond motifs is 1. The van der Waals surface area contributed by atoms with E-state index in [2.05, 4.69) is 15.4 Å². The van der Waals surface area contributed by atoms with Crippen molar-refractivity contribution in [2.24, 2.45) is 0 Å². The SMILES string of the molecule is CCOC(=O)c1noc(C2CC2)c1C(=O)c1ccc(-n2nccn2)c2c1SCCO2. The Morgan fingerprint density at radius 2 is 2.07 bits per heavy atom. The highest BCUT2D eigenvalue weighted by atomic mass is 32.2. The topological polar surface area (TPSA) is 109 Å². The smallest absolute Gasteiger partial charge is 0.361 e. The predicted molar refractivity (Wildman–Crippen MR) is 105 cm³/mol. The molecular formula is C20H18N4O5S. The Hall–Kier alpha value is -3.14. The number of rotatable bonds is 6. The molecule has 3 aromatic rings. The molecule has 10 heteroatoms. The number of hydrogen-bond acceptors (Lipinski definition) is 9. The zero-order valence-electron chi connectivity index (χ0n) is 16.2. The van der Waals surface area contributed by atoms with Gasteiger partial charge in [0.2, 0.25) is 5.69 Å². The molecule has 1 aliphatic carbocycles. The van der Waals surface area contributed by atoms with Crippen molar-refractivity contribution in [3.05, 3.63) is 47.1 Å². The number of ketones is 1. The summed E-state index contributed by atoms with van der Waals surface area (Å²) in [7, 11) is 0. The van der Waals surface area contributed by atoms with Gasteiger partial charge in [0.15, 0.2) is 17.3 Å². The van der Waals surface area contributed by atoms with Crippen LogP contribution in [0.1, 0.15) is 57.9 Å². The quantitative estimate of drug-likeness (QED) is 0.434. The minimum absolute atomic E-state index is 0.0722. The lowest BCUT2D eigenvalue weighted by molar-refractivity contribution is 0.0512. The van der Waals surface area contributed by atoms with E-state index in [0.717, 1.165) is 12.8 Å². The van der Waals surface area contributed by atoms with Crippen LogP contribution in [0.3, 0.4) is 0 Å². The summed E-state index contributed by atoms with van der Waals surface area (Å²) in [5, 5.41) is 12.2. The van der Waals surface area contributed by atoms with Gasteiger partial charge in [-0.15, -0.1) is 16.6 Å². The van der Waals surface area contributed by atoms with Crippen LogP contribution >= 0.6 is 11.8 Å². The maximum Gasteiger partial charge on any atom is 0.361 e. The summed E-state index contributed by atoms with van der Waals surface area (Å²) in [4.78, 5) is 28.2. The third-order valence-corrected chi connectivity index (χ3v) is 5.97. The van der Waals surface area contributed by atoms with Crippen LogP contribution in [0.25, 0.3) is 5.69 Å². The van der Waals surface area contributed by atoms with Gasteiger partial charge in [0.05, 0.1) is 30.5 Å². The molecule has 3 heterocycles. The lowest BCUT2D eigenvalue weighted by atomic mass is 9.98. The number of nitrogens with zero attached hydrogens (tertiary/aromatic N) is 4. The highest BCUT2D eigenvalue weighted by molar-refractivity contribution is 7.99. The van der Waals surface area contributed by atoms with E-state index >= 15 is 0 Å². The van der Waals surface area contributed by atoms with E-state index in [-0.39, 0.29) is 29.6 Å². The van der Waals surface area contributed by atoms with Gasteiger partial charge in [-0.1, -0.05) is 5.16 Å². The summed E-state index contributed by atoms with van der Waals surface area (Å²) in [6, 6.07) is 3.45. The fraction of sp³-hybridized carbons (Fsp3) is 0.350. The second kappa shape index (κ2) is 7.60. The first-order chi connectivity index (χ1) is 14.7. The molecule has 5 rings (SSSR count). The predicted octanol–water partition coefficient (Wildman–Crippen LogP) is 3.02. The van der Waals surface area contributed by atoms with E-state index in [0.29, 0.717) is 40.0 Å². The van der Waals surface area contributed by atoms with Crippen molar-refractivity contribution in [1.82, 2.24) is 20.2 Å². The van der Waals surface area contributed by atoms with Gasteiger partial charge in [-0.3, -0.25) is 4.79 Å². The van der Waals surface area contributed by atoms with Crippen LogP contribution in [-0.2, 0) is 4.74 Å². The molecule has 0 spiro atoms. The molecule has 0 unspecified atom stereocenters. The summed E-state index contributed by atoms with van der Waals surface area (Å²) < 4.78 is 16.4. The second-order valence-corrected chi connectivity index (χ2v) is 8.01. The normalized spacial score (nSPS) is 15.4. The molecule has 2 aromatic heterocycles. The van der Waals surface area contributed by atoms with Gasteiger partial charge in [0.1, 0.15) is 11.3 Å². The van der Waals surface area contributed by atoms with Gasteiger partial charge in [0.25, 0.3) is 0 Å². The number of ether oxygens (including phenoxy) is 2. The molecule has 0 amide bonds. The highest BCUT2D eigenvalue weighted by Gasteiger charge is 2.38.